The zero-order chi connectivity index (χ0) is 21.7. The summed E-state index contributed by atoms with van der Waals surface area (Å²) in [5.74, 6) is -0.0678. The summed E-state index contributed by atoms with van der Waals surface area (Å²) in [6, 6.07) is 8.90. The molecule has 3 aromatic rings. The van der Waals surface area contributed by atoms with E-state index >= 15 is 0 Å². The van der Waals surface area contributed by atoms with Gasteiger partial charge in [0.05, 0.1) is 11.3 Å². The van der Waals surface area contributed by atoms with Crippen LogP contribution in [0, 0.1) is 5.92 Å². The lowest BCUT2D eigenvalue weighted by Gasteiger charge is -2.19. The third kappa shape index (κ3) is 4.01. The first-order chi connectivity index (χ1) is 14.1. The van der Waals surface area contributed by atoms with Crippen molar-refractivity contribution in [3.8, 4) is 0 Å². The van der Waals surface area contributed by atoms with Crippen LogP contribution < -0.4 is 0 Å². The highest BCUT2D eigenvalue weighted by Gasteiger charge is 2.37. The Morgan fingerprint density at radius 1 is 1.20 bits per heavy atom. The van der Waals surface area contributed by atoms with Crippen LogP contribution in [-0.2, 0) is 21.8 Å². The van der Waals surface area contributed by atoms with E-state index in [4.69, 9.17) is 11.6 Å². The van der Waals surface area contributed by atoms with Crippen LogP contribution in [0.25, 0.3) is 10.9 Å². The van der Waals surface area contributed by atoms with Gasteiger partial charge in [0.15, 0.2) is 9.84 Å². The number of fused-ring (bicyclic) bond motifs is 1. The summed E-state index contributed by atoms with van der Waals surface area (Å²) in [6.07, 6.45) is -0.728. The number of aromatic nitrogens is 1. The predicted molar refractivity (Wildman–Crippen MR) is 112 cm³/mol. The van der Waals surface area contributed by atoms with Crippen molar-refractivity contribution in [2.24, 2.45) is 5.92 Å². The first-order valence-electron chi connectivity index (χ1n) is 9.41. The lowest BCUT2D eigenvalue weighted by atomic mass is 9.86. The van der Waals surface area contributed by atoms with E-state index in [9.17, 15) is 21.6 Å². The molecule has 3 nitrogen and oxygen atoms in total. The molecule has 158 valence electrons. The first kappa shape index (κ1) is 21.0. The van der Waals surface area contributed by atoms with Crippen molar-refractivity contribution in [3.63, 3.8) is 0 Å². The largest absolute Gasteiger partial charge is 0.416 e. The number of hydrogen-bond acceptors (Lipinski definition) is 2. The summed E-state index contributed by atoms with van der Waals surface area (Å²) >= 11 is 6.31. The van der Waals surface area contributed by atoms with E-state index in [-0.39, 0.29) is 22.6 Å². The molecule has 1 aliphatic rings. The molecular formula is C22H19ClF3NO2S. The molecule has 1 unspecified atom stereocenters. The summed E-state index contributed by atoms with van der Waals surface area (Å²) in [5, 5.41) is 1.87. The average Bonchev–Trinajstić information content (AvgIpc) is 3.42. The van der Waals surface area contributed by atoms with Crippen molar-refractivity contribution in [2.75, 3.05) is 0 Å². The summed E-state index contributed by atoms with van der Waals surface area (Å²) in [7, 11) is -3.44. The van der Waals surface area contributed by atoms with Crippen LogP contribution in [0.2, 0.25) is 5.02 Å². The Labute approximate surface area is 177 Å². The highest BCUT2D eigenvalue weighted by molar-refractivity contribution is 7.93. The fourth-order valence-corrected chi connectivity index (χ4v) is 5.04. The SMILES string of the molecule is C=CS(=O)(=O)Cc1cccc2c(C(c3ccc(C(F)(F)F)cc3Cl)C3CC3)c[nH]c12. The standard InChI is InChI=1S/C22H19ClF3NO2S/c1-2-30(28,29)12-14-4-3-5-16-18(11-27-21(14)16)20(13-6-7-13)17-9-8-15(10-19(17)23)22(24,25)26/h2-5,8-11,13,20,27H,1,6-7,12H2. The molecule has 1 N–H and O–H groups in total. The maximum atomic E-state index is 13.0. The van der Waals surface area contributed by atoms with E-state index in [2.05, 4.69) is 11.6 Å². The van der Waals surface area contributed by atoms with E-state index < -0.39 is 21.6 Å². The van der Waals surface area contributed by atoms with Crippen LogP contribution in [0.1, 0.15) is 41.0 Å². The maximum Gasteiger partial charge on any atom is 0.416 e. The number of H-pyrrole nitrogens is 1. The molecular weight excluding hydrogens is 435 g/mol. The van der Waals surface area contributed by atoms with Gasteiger partial charge in [-0.3, -0.25) is 0 Å². The van der Waals surface area contributed by atoms with Gasteiger partial charge in [0, 0.05) is 33.4 Å². The van der Waals surface area contributed by atoms with Crippen molar-refractivity contribution in [1.29, 1.82) is 0 Å². The molecule has 0 aliphatic heterocycles. The number of rotatable bonds is 6. The topological polar surface area (TPSA) is 49.9 Å². The van der Waals surface area contributed by atoms with Gasteiger partial charge in [-0.1, -0.05) is 42.4 Å². The number of aromatic amines is 1. The Morgan fingerprint density at radius 2 is 1.93 bits per heavy atom. The van der Waals surface area contributed by atoms with Crippen molar-refractivity contribution in [2.45, 2.75) is 30.7 Å². The Hall–Kier alpha value is -2.25. The summed E-state index contributed by atoms with van der Waals surface area (Å²) in [6.45, 7) is 3.35. The number of sulfone groups is 1. The molecule has 0 spiro atoms. The number of halogens is 4. The van der Waals surface area contributed by atoms with Crippen LogP contribution in [0.5, 0.6) is 0 Å². The van der Waals surface area contributed by atoms with Crippen LogP contribution in [-0.4, -0.2) is 13.4 Å². The second-order valence-electron chi connectivity index (χ2n) is 7.61. The molecule has 30 heavy (non-hydrogen) atoms. The van der Waals surface area contributed by atoms with Crippen molar-refractivity contribution in [3.05, 3.63) is 81.9 Å². The van der Waals surface area contributed by atoms with Crippen LogP contribution in [0.4, 0.5) is 13.2 Å². The minimum absolute atomic E-state index is 0.0847. The summed E-state index contributed by atoms with van der Waals surface area (Å²) in [4.78, 5) is 3.17. The normalized spacial score (nSPS) is 16.0. The van der Waals surface area contributed by atoms with Gasteiger partial charge in [0.25, 0.3) is 0 Å². The number of benzene rings is 2. The van der Waals surface area contributed by atoms with E-state index in [0.717, 1.165) is 41.3 Å². The van der Waals surface area contributed by atoms with Gasteiger partial charge in [-0.25, -0.2) is 8.42 Å². The third-order valence-electron chi connectivity index (χ3n) is 5.54. The quantitative estimate of drug-likeness (QED) is 0.467. The monoisotopic (exact) mass is 453 g/mol. The number of hydrogen-bond donors (Lipinski definition) is 1. The highest BCUT2D eigenvalue weighted by atomic mass is 35.5. The molecule has 4 rings (SSSR count). The van der Waals surface area contributed by atoms with Gasteiger partial charge < -0.3 is 4.98 Å². The molecule has 8 heteroatoms. The molecule has 1 aliphatic carbocycles. The number of alkyl halides is 3. The molecule has 1 aromatic heterocycles. The molecule has 0 saturated heterocycles. The van der Waals surface area contributed by atoms with Crippen molar-refractivity contribution < 1.29 is 21.6 Å². The fraction of sp³-hybridized carbons (Fsp3) is 0.273. The second-order valence-corrected chi connectivity index (χ2v) is 9.96. The van der Waals surface area contributed by atoms with Crippen molar-refractivity contribution in [1.82, 2.24) is 4.98 Å². The molecule has 0 radical (unpaired) electrons. The van der Waals surface area contributed by atoms with E-state index in [1.165, 1.54) is 6.07 Å². The van der Waals surface area contributed by atoms with E-state index in [1.54, 1.807) is 12.1 Å². The number of nitrogens with one attached hydrogen (secondary N) is 1. The van der Waals surface area contributed by atoms with Crippen molar-refractivity contribution >= 4 is 32.3 Å². The Bertz CT molecular complexity index is 1230. The average molecular weight is 454 g/mol. The third-order valence-corrected chi connectivity index (χ3v) is 7.08. The summed E-state index contributed by atoms with van der Waals surface area (Å²) < 4.78 is 63.1. The molecule has 2 aromatic carbocycles. The van der Waals surface area contributed by atoms with Gasteiger partial charge in [-0.05, 0) is 47.6 Å². The van der Waals surface area contributed by atoms with Gasteiger partial charge in [0.2, 0.25) is 0 Å². The first-order valence-corrected chi connectivity index (χ1v) is 11.5. The zero-order valence-electron chi connectivity index (χ0n) is 15.8. The van der Waals surface area contributed by atoms with Gasteiger partial charge in [-0.15, -0.1) is 0 Å². The maximum absolute atomic E-state index is 13.0. The predicted octanol–water partition coefficient (Wildman–Crippen LogP) is 6.44. The van der Waals surface area contributed by atoms with Gasteiger partial charge in [0.1, 0.15) is 0 Å². The molecule has 1 fully saturated rings. The molecule has 1 saturated carbocycles. The molecule has 1 heterocycles. The molecule has 1 atom stereocenters. The fourth-order valence-electron chi connectivity index (χ4n) is 3.95. The molecule has 0 amide bonds. The lowest BCUT2D eigenvalue weighted by molar-refractivity contribution is -0.137. The lowest BCUT2D eigenvalue weighted by Crippen LogP contribution is -2.08. The molecule has 0 bridgehead atoms. The van der Waals surface area contributed by atoms with Crippen LogP contribution in [0.15, 0.2) is 54.6 Å². The zero-order valence-corrected chi connectivity index (χ0v) is 17.4. The Kier molecular flexibility index (Phi) is 5.22. The van der Waals surface area contributed by atoms with Crippen LogP contribution in [0.3, 0.4) is 0 Å². The highest BCUT2D eigenvalue weighted by Crippen LogP contribution is 2.50. The second kappa shape index (κ2) is 7.46. The van der Waals surface area contributed by atoms with Gasteiger partial charge >= 0.3 is 6.18 Å². The van der Waals surface area contributed by atoms with E-state index in [0.29, 0.717) is 16.6 Å². The van der Waals surface area contributed by atoms with E-state index in [1.807, 2.05) is 12.3 Å². The van der Waals surface area contributed by atoms with Gasteiger partial charge in [-0.2, -0.15) is 13.2 Å². The summed E-state index contributed by atoms with van der Waals surface area (Å²) in [5.41, 5.74) is 2.10. The Morgan fingerprint density at radius 3 is 2.53 bits per heavy atom. The van der Waals surface area contributed by atoms with Crippen LogP contribution >= 0.6 is 11.6 Å². The minimum Gasteiger partial charge on any atom is -0.361 e. The smallest absolute Gasteiger partial charge is 0.361 e. The minimum atomic E-state index is -4.45. The Balaban J connectivity index is 1.81. The number of para-hydroxylation sites is 1.